The van der Waals surface area contributed by atoms with Gasteiger partial charge in [0.1, 0.15) is 58.3 Å². The topological polar surface area (TPSA) is 69.0 Å². The minimum absolute atomic E-state index is 0.521. The summed E-state index contributed by atoms with van der Waals surface area (Å²) in [6.07, 6.45) is 17.6. The van der Waals surface area contributed by atoms with Crippen LogP contribution in [0.2, 0.25) is 0 Å². The number of hydrogen-bond donors (Lipinski definition) is 0. The Hall–Kier alpha value is -14.5. The molecule has 0 radical (unpaired) electrons. The number of rotatable bonds is 0. The third kappa shape index (κ3) is 5.51. The first kappa shape index (κ1) is 55.9. The van der Waals surface area contributed by atoms with Crippen LogP contribution in [0.5, 0.6) is 34.5 Å². The molecule has 0 saturated carbocycles. The van der Waals surface area contributed by atoms with Crippen molar-refractivity contribution >= 4 is 206 Å². The minimum Gasteiger partial charge on any atom is -0.464 e. The van der Waals surface area contributed by atoms with Crippen LogP contribution in [-0.2, 0) is 24.0 Å². The van der Waals surface area contributed by atoms with Crippen molar-refractivity contribution < 1.29 is 46.0 Å². The first-order chi connectivity index (χ1) is 55.5. The lowest BCUT2D eigenvalue weighted by molar-refractivity contribution is -0.945. The maximum atomic E-state index is 6.81. The molecule has 0 bridgehead atoms. The Bertz CT molecular complexity index is 8720. The largest absolute Gasteiger partial charge is 0.464 e. The summed E-state index contributed by atoms with van der Waals surface area (Å²) >= 11 is 1.84. The van der Waals surface area contributed by atoms with Crippen molar-refractivity contribution in [3.63, 3.8) is 0 Å². The molecule has 18 heterocycles. The Morgan fingerprint density at radius 1 is 0.277 bits per heavy atom. The van der Waals surface area contributed by atoms with Crippen molar-refractivity contribution in [2.45, 2.75) is 17.0 Å². The molecule has 3 spiro atoms. The highest BCUT2D eigenvalue weighted by Gasteiger charge is 2.72. The van der Waals surface area contributed by atoms with Gasteiger partial charge in [-0.3, -0.25) is 4.57 Å². The fraction of sp³-hybridized carbons (Fsp3) is 0.0400. The standard InChI is InChI=1S/C34H19N3O.C33H16N2O2.C33H16N2OS/c1-35-17-14-23-22-9-5-16-37-33(22)28-24(31(23)35)11-13-26-30(28)34(37)29-25(38-26)12-10-20-18-6-2-3-7-19(18)21-8-4-15-36(34)32(21)27(20)29;1-2-6-18-17(5-1)19-9-11-24-28-26(19)30-20(18)7-3-14-34(30)33(28)29-25(37-24)12-10-23-27(29)31-21(8-4-15-35(31)33)22-13-16-36-32(22)23;1-2-6-18-17(5-1)19-9-11-24-28-26(19)30-20(18)7-3-14-34(30)33(28)29-25(36-24)12-10-23-27(29)31-21(8-4-15-35(31)33)22-13-16-37-32(22)23/h2-17H,1H3;2*1-16H/q3*+2. The van der Waals surface area contributed by atoms with E-state index < -0.39 is 17.0 Å². The lowest BCUT2D eigenvalue weighted by Gasteiger charge is -2.32. The average molecular weight is 1450 g/mol. The molecule has 0 aliphatic carbocycles. The van der Waals surface area contributed by atoms with Crippen LogP contribution in [0.1, 0.15) is 33.4 Å². The van der Waals surface area contributed by atoms with Crippen LogP contribution in [0.25, 0.3) is 194 Å². The van der Waals surface area contributed by atoms with Gasteiger partial charge in [0.05, 0.1) is 76.4 Å². The number of pyridine rings is 6. The first-order valence-corrected chi connectivity index (χ1v) is 39.4. The molecule has 0 saturated heterocycles. The van der Waals surface area contributed by atoms with Crippen molar-refractivity contribution in [2.24, 2.45) is 7.05 Å². The molecule has 12 heteroatoms. The Kier molecular flexibility index (Phi) is 8.96. The van der Waals surface area contributed by atoms with Crippen LogP contribution < -0.4 is 41.6 Å². The van der Waals surface area contributed by atoms with Crippen LogP contribution in [0.4, 0.5) is 0 Å². The summed E-state index contributed by atoms with van der Waals surface area (Å²) < 4.78 is 45.3. The van der Waals surface area contributed by atoms with Gasteiger partial charge in [-0.15, -0.1) is 29.6 Å². The van der Waals surface area contributed by atoms with Gasteiger partial charge in [0.25, 0.3) is 0 Å². The maximum Gasteiger partial charge on any atom is 0.425 e. The van der Waals surface area contributed by atoms with E-state index in [2.05, 4.69) is 324 Å². The predicted molar refractivity (Wildman–Crippen MR) is 439 cm³/mol. The number of aryl methyl sites for hydroxylation is 1. The lowest BCUT2D eigenvalue weighted by Crippen LogP contribution is -2.72. The number of benzene rings is 15. The maximum absolute atomic E-state index is 6.81. The fourth-order valence-electron chi connectivity index (χ4n) is 24.2. The molecule has 9 aromatic heterocycles. The van der Waals surface area contributed by atoms with E-state index in [1.807, 2.05) is 11.3 Å². The summed E-state index contributed by atoms with van der Waals surface area (Å²) in [6.45, 7) is 0. The van der Waals surface area contributed by atoms with Crippen LogP contribution >= 0.6 is 11.3 Å². The zero-order valence-corrected chi connectivity index (χ0v) is 60.2. The molecule has 0 N–H and O–H groups in total. The molecule has 0 amide bonds. The second-order valence-electron chi connectivity index (χ2n) is 32.0. The zero-order valence-electron chi connectivity index (χ0n) is 59.4. The SMILES string of the molecule is C[n+]1ccc2c3cccn4c3c3c5c(ccc3c21)Oc1ccc2c3ccccc3c3ccc[n+]6c3c2c1C546.c1ccc2c(c1)c1ccc3c4c1c1c2ccc[n+]1C41c2c(ccc4c5occc5c5ccc[n+]1c5c24)O3.c1ccc2c(c1)c1ccc3c4c1c1c2ccc[n+]1C41c2c(ccc4c5sccc5c5ccc[n+]1c5c24)O3. The van der Waals surface area contributed by atoms with Crippen molar-refractivity contribution in [1.29, 1.82) is 0 Å². The van der Waals surface area contributed by atoms with E-state index in [0.717, 1.165) is 50.9 Å². The molecule has 0 fully saturated rings. The average Bonchev–Trinajstić information content (AvgIpc) is 1.48. The Morgan fingerprint density at radius 3 is 1.17 bits per heavy atom. The zero-order chi connectivity index (χ0) is 71.7. The number of hydrogen-bond acceptors (Lipinski definition) is 5. The molecule has 510 valence electrons. The van der Waals surface area contributed by atoms with E-state index in [1.54, 1.807) is 6.26 Å². The number of aromatic nitrogens is 7. The van der Waals surface area contributed by atoms with Gasteiger partial charge in [-0.05, 0) is 175 Å². The molecular formula is C100H51N7O4S+6. The summed E-state index contributed by atoms with van der Waals surface area (Å²) in [6, 6.07) is 86.5. The predicted octanol–water partition coefficient (Wildman–Crippen LogP) is 20.6. The summed E-state index contributed by atoms with van der Waals surface area (Å²) in [5, 5.41) is 36.8. The van der Waals surface area contributed by atoms with E-state index in [9.17, 15) is 0 Å². The van der Waals surface area contributed by atoms with Crippen LogP contribution in [0.15, 0.2) is 296 Å². The van der Waals surface area contributed by atoms with E-state index in [1.165, 1.54) is 211 Å². The lowest BCUT2D eigenvalue weighted by atomic mass is 9.85. The molecule has 33 rings (SSSR count). The highest BCUT2D eigenvalue weighted by Crippen LogP contribution is 2.65. The molecule has 3 atom stereocenters. The van der Waals surface area contributed by atoms with E-state index in [4.69, 9.17) is 18.6 Å². The molecule has 24 aromatic rings. The summed E-state index contributed by atoms with van der Waals surface area (Å²) in [7, 11) is 2.15. The molecule has 11 nitrogen and oxygen atoms in total. The van der Waals surface area contributed by atoms with E-state index >= 15 is 0 Å². The van der Waals surface area contributed by atoms with Gasteiger partial charge < -0.3 is 18.6 Å². The fourth-order valence-corrected chi connectivity index (χ4v) is 25.2. The molecular weight excluding hydrogens is 1400 g/mol. The van der Waals surface area contributed by atoms with E-state index in [-0.39, 0.29) is 0 Å². The van der Waals surface area contributed by atoms with Crippen LogP contribution in [-0.4, -0.2) is 4.57 Å². The van der Waals surface area contributed by atoms with Gasteiger partial charge in [-0.2, -0.15) is 4.57 Å². The number of ether oxygens (including phenoxy) is 3. The van der Waals surface area contributed by atoms with Crippen molar-refractivity contribution in [1.82, 2.24) is 4.57 Å². The second-order valence-corrected chi connectivity index (χ2v) is 32.9. The second kappa shape index (κ2) is 18.0. The third-order valence-electron chi connectivity index (χ3n) is 27.8. The highest BCUT2D eigenvalue weighted by atomic mass is 32.1. The Balaban J connectivity index is 0.0000000844. The minimum atomic E-state index is -0.568. The monoisotopic (exact) mass is 1450 g/mol. The summed E-state index contributed by atoms with van der Waals surface area (Å²) in [5.74, 6) is 5.66. The Morgan fingerprint density at radius 2 is 0.652 bits per heavy atom. The van der Waals surface area contributed by atoms with Gasteiger partial charge in [-0.25, -0.2) is 4.57 Å². The quantitative estimate of drug-likeness (QED) is 0.112. The van der Waals surface area contributed by atoms with Crippen molar-refractivity contribution in [3.05, 3.63) is 325 Å². The molecule has 3 unspecified atom stereocenters. The molecule has 112 heavy (non-hydrogen) atoms. The normalized spacial score (nSPS) is 18.0. The van der Waals surface area contributed by atoms with Gasteiger partial charge >= 0.3 is 17.0 Å². The van der Waals surface area contributed by atoms with Gasteiger partial charge in [0.15, 0.2) is 59.4 Å². The number of furan rings is 1. The highest BCUT2D eigenvalue weighted by molar-refractivity contribution is 7.18. The van der Waals surface area contributed by atoms with Gasteiger partial charge in [0.2, 0.25) is 33.1 Å². The van der Waals surface area contributed by atoms with Crippen molar-refractivity contribution in [3.8, 4) is 34.5 Å². The molecule has 9 aliphatic heterocycles. The van der Waals surface area contributed by atoms with Crippen LogP contribution in [0.3, 0.4) is 0 Å². The molecule has 9 aliphatic rings. The van der Waals surface area contributed by atoms with Crippen molar-refractivity contribution in [2.75, 3.05) is 0 Å². The first-order valence-electron chi connectivity index (χ1n) is 38.6. The number of fused-ring (bicyclic) bond motifs is 18. The number of thiophene rings is 1. The smallest absolute Gasteiger partial charge is 0.425 e. The number of nitrogens with zero attached hydrogens (tertiary/aromatic N) is 7. The summed E-state index contributed by atoms with van der Waals surface area (Å²) in [4.78, 5) is 0. The van der Waals surface area contributed by atoms with Crippen LogP contribution in [0, 0.1) is 0 Å². The van der Waals surface area contributed by atoms with Gasteiger partial charge in [0, 0.05) is 79.6 Å². The Labute approximate surface area is 635 Å². The summed E-state index contributed by atoms with van der Waals surface area (Å²) in [5.41, 5.74) is 15.7. The third-order valence-corrected chi connectivity index (χ3v) is 28.7. The van der Waals surface area contributed by atoms with Gasteiger partial charge in [-0.1, -0.05) is 78.9 Å². The molecule has 15 aromatic carbocycles. The van der Waals surface area contributed by atoms with E-state index in [0.29, 0.717) is 0 Å².